The van der Waals surface area contributed by atoms with Crippen LogP contribution in [-0.2, 0) is 6.54 Å². The molecule has 0 aliphatic rings. The maximum atomic E-state index is 13.7. The molecule has 0 amide bonds. The maximum Gasteiger partial charge on any atom is 0.266 e. The predicted octanol–water partition coefficient (Wildman–Crippen LogP) is 3.96. The lowest BCUT2D eigenvalue weighted by Crippen LogP contribution is -2.26. The van der Waals surface area contributed by atoms with Gasteiger partial charge in [-0.15, -0.1) is 0 Å². The van der Waals surface area contributed by atoms with Gasteiger partial charge < -0.3 is 9.47 Å². The van der Waals surface area contributed by atoms with E-state index in [1.165, 1.54) is 22.9 Å². The van der Waals surface area contributed by atoms with Crippen LogP contribution in [0.5, 0.6) is 11.5 Å². The zero-order valence-electron chi connectivity index (χ0n) is 17.2. The summed E-state index contributed by atoms with van der Waals surface area (Å²) in [6.45, 7) is 0.489. The van der Waals surface area contributed by atoms with E-state index in [4.69, 9.17) is 9.47 Å². The van der Waals surface area contributed by atoms with Crippen LogP contribution in [0.2, 0.25) is 0 Å². The molecule has 5 aromatic rings. The molecule has 0 bridgehead atoms. The van der Waals surface area contributed by atoms with Crippen molar-refractivity contribution in [3.05, 3.63) is 89.2 Å². The number of pyridine rings is 1. The summed E-state index contributed by atoms with van der Waals surface area (Å²) < 4.78 is 28.0. The molecule has 3 heterocycles. The van der Waals surface area contributed by atoms with Crippen LogP contribution in [-0.4, -0.2) is 33.0 Å². The summed E-state index contributed by atoms with van der Waals surface area (Å²) in [5.74, 6) is 1.56. The molecule has 160 valence electrons. The highest BCUT2D eigenvalue weighted by atomic mass is 19.1. The van der Waals surface area contributed by atoms with Gasteiger partial charge >= 0.3 is 0 Å². The molecule has 0 unspecified atom stereocenters. The smallest absolute Gasteiger partial charge is 0.266 e. The molecule has 8 heteroatoms. The maximum absolute atomic E-state index is 13.7. The standard InChI is InChI=1S/C24H19FN4O3/c1-31-18-4-5-19-20(15-18)26-10-8-22(19)32-13-12-29-24(30)7-6-23(27-29)28-11-9-16-2-3-17(25)14-21(16)28/h2-11,14-15H,12-13H2,1H3. The molecule has 32 heavy (non-hydrogen) atoms. The molecule has 0 fully saturated rings. The minimum absolute atomic E-state index is 0.239. The third-order valence-electron chi connectivity index (χ3n) is 5.23. The first-order chi connectivity index (χ1) is 15.6. The molecule has 0 N–H and O–H groups in total. The second-order valence-electron chi connectivity index (χ2n) is 7.18. The first-order valence-electron chi connectivity index (χ1n) is 10.0. The van der Waals surface area contributed by atoms with Crippen molar-refractivity contribution in [2.75, 3.05) is 13.7 Å². The molecule has 0 saturated carbocycles. The summed E-state index contributed by atoms with van der Waals surface area (Å²) in [7, 11) is 1.60. The second-order valence-corrected chi connectivity index (χ2v) is 7.18. The van der Waals surface area contributed by atoms with E-state index in [-0.39, 0.29) is 24.5 Å². The molecular formula is C24H19FN4O3. The number of halogens is 1. The summed E-state index contributed by atoms with van der Waals surface area (Å²) in [5.41, 5.74) is 1.19. The van der Waals surface area contributed by atoms with Crippen LogP contribution >= 0.6 is 0 Å². The minimum Gasteiger partial charge on any atom is -0.497 e. The SMILES string of the molecule is COc1ccc2c(OCCn3nc(-n4ccc5ccc(F)cc54)ccc3=O)ccnc2c1. The molecule has 0 atom stereocenters. The molecule has 3 aromatic heterocycles. The van der Waals surface area contributed by atoms with Gasteiger partial charge in [-0.1, -0.05) is 0 Å². The lowest BCUT2D eigenvalue weighted by molar-refractivity contribution is 0.290. The summed E-state index contributed by atoms with van der Waals surface area (Å²) in [5, 5.41) is 6.18. The Kier molecular flexibility index (Phi) is 5.03. The van der Waals surface area contributed by atoms with Gasteiger partial charge in [-0.05, 0) is 48.5 Å². The summed E-state index contributed by atoms with van der Waals surface area (Å²) in [6, 6.07) is 16.8. The number of fused-ring (bicyclic) bond motifs is 2. The second kappa shape index (κ2) is 8.14. The first-order valence-corrected chi connectivity index (χ1v) is 10.0. The van der Waals surface area contributed by atoms with Crippen molar-refractivity contribution in [2.24, 2.45) is 0 Å². The Morgan fingerprint density at radius 2 is 1.94 bits per heavy atom. The summed E-state index contributed by atoms with van der Waals surface area (Å²) >= 11 is 0. The Hall–Kier alpha value is -4.20. The van der Waals surface area contributed by atoms with E-state index in [0.717, 1.165) is 16.3 Å². The molecule has 0 spiro atoms. The van der Waals surface area contributed by atoms with E-state index in [2.05, 4.69) is 10.1 Å². The average Bonchev–Trinajstić information content (AvgIpc) is 3.23. The van der Waals surface area contributed by atoms with Crippen molar-refractivity contribution in [2.45, 2.75) is 6.54 Å². The number of methoxy groups -OCH3 is 1. The monoisotopic (exact) mass is 430 g/mol. The lowest BCUT2D eigenvalue weighted by atomic mass is 10.2. The quantitative estimate of drug-likeness (QED) is 0.408. The van der Waals surface area contributed by atoms with Crippen molar-refractivity contribution in [1.29, 1.82) is 0 Å². The number of benzene rings is 2. The fourth-order valence-corrected chi connectivity index (χ4v) is 3.62. The van der Waals surface area contributed by atoms with Gasteiger partial charge in [-0.3, -0.25) is 14.3 Å². The minimum atomic E-state index is -0.332. The summed E-state index contributed by atoms with van der Waals surface area (Å²) in [6.07, 6.45) is 3.47. The molecule has 7 nitrogen and oxygen atoms in total. The third kappa shape index (κ3) is 3.66. The molecule has 0 aliphatic carbocycles. The molecule has 2 aromatic carbocycles. The lowest BCUT2D eigenvalue weighted by Gasteiger charge is -2.11. The van der Waals surface area contributed by atoms with E-state index < -0.39 is 0 Å². The highest BCUT2D eigenvalue weighted by molar-refractivity contribution is 5.86. The average molecular weight is 430 g/mol. The number of hydrogen-bond donors (Lipinski definition) is 0. The van der Waals surface area contributed by atoms with Crippen LogP contribution in [0.4, 0.5) is 4.39 Å². The van der Waals surface area contributed by atoms with E-state index in [1.54, 1.807) is 42.3 Å². The van der Waals surface area contributed by atoms with Crippen molar-refractivity contribution >= 4 is 21.8 Å². The number of nitrogens with zero attached hydrogens (tertiary/aromatic N) is 4. The van der Waals surface area contributed by atoms with Gasteiger partial charge in [-0.2, -0.15) is 5.10 Å². The van der Waals surface area contributed by atoms with Gasteiger partial charge in [0.2, 0.25) is 0 Å². The number of rotatable bonds is 6. The van der Waals surface area contributed by atoms with Crippen LogP contribution < -0.4 is 15.0 Å². The van der Waals surface area contributed by atoms with Gasteiger partial charge in [0.25, 0.3) is 5.56 Å². The molecule has 0 radical (unpaired) electrons. The number of hydrogen-bond acceptors (Lipinski definition) is 5. The molecule has 0 aliphatic heterocycles. The van der Waals surface area contributed by atoms with E-state index >= 15 is 0 Å². The fraction of sp³-hybridized carbons (Fsp3) is 0.125. The fourth-order valence-electron chi connectivity index (χ4n) is 3.62. The first kappa shape index (κ1) is 19.7. The number of ether oxygens (including phenoxy) is 2. The van der Waals surface area contributed by atoms with Crippen molar-refractivity contribution < 1.29 is 13.9 Å². The molecule has 0 saturated heterocycles. The Bertz CT molecular complexity index is 1490. The zero-order chi connectivity index (χ0) is 22.1. The third-order valence-corrected chi connectivity index (χ3v) is 5.23. The van der Waals surface area contributed by atoms with Gasteiger partial charge in [0.1, 0.15) is 23.9 Å². The van der Waals surface area contributed by atoms with Crippen molar-refractivity contribution in [1.82, 2.24) is 19.3 Å². The molecule has 5 rings (SSSR count). The van der Waals surface area contributed by atoms with Crippen LogP contribution in [0, 0.1) is 5.82 Å². The Morgan fingerprint density at radius 1 is 1.03 bits per heavy atom. The van der Waals surface area contributed by atoms with Crippen molar-refractivity contribution in [3.63, 3.8) is 0 Å². The Morgan fingerprint density at radius 3 is 2.81 bits per heavy atom. The van der Waals surface area contributed by atoms with E-state index in [9.17, 15) is 9.18 Å². The topological polar surface area (TPSA) is 71.2 Å². The van der Waals surface area contributed by atoms with Crippen LogP contribution in [0.1, 0.15) is 0 Å². The highest BCUT2D eigenvalue weighted by Gasteiger charge is 2.09. The highest BCUT2D eigenvalue weighted by Crippen LogP contribution is 2.27. The van der Waals surface area contributed by atoms with Crippen LogP contribution in [0.25, 0.3) is 27.6 Å². The van der Waals surface area contributed by atoms with Gasteiger partial charge in [0, 0.05) is 35.3 Å². The van der Waals surface area contributed by atoms with Gasteiger partial charge in [0.05, 0.1) is 24.7 Å². The Balaban J connectivity index is 1.38. The van der Waals surface area contributed by atoms with Gasteiger partial charge in [0.15, 0.2) is 5.82 Å². The molecular weight excluding hydrogens is 411 g/mol. The predicted molar refractivity (Wildman–Crippen MR) is 119 cm³/mol. The van der Waals surface area contributed by atoms with Gasteiger partial charge in [-0.25, -0.2) is 9.07 Å². The van der Waals surface area contributed by atoms with Crippen LogP contribution in [0.3, 0.4) is 0 Å². The summed E-state index contributed by atoms with van der Waals surface area (Å²) in [4.78, 5) is 16.7. The Labute approximate surface area is 182 Å². The van der Waals surface area contributed by atoms with Crippen LogP contribution in [0.15, 0.2) is 77.9 Å². The van der Waals surface area contributed by atoms with Crippen molar-refractivity contribution in [3.8, 4) is 17.3 Å². The van der Waals surface area contributed by atoms with E-state index in [0.29, 0.717) is 22.8 Å². The van der Waals surface area contributed by atoms with E-state index in [1.807, 2.05) is 24.3 Å². The zero-order valence-corrected chi connectivity index (χ0v) is 17.2. The normalized spacial score (nSPS) is 11.2. The largest absolute Gasteiger partial charge is 0.497 e. The number of aromatic nitrogens is 4.